The summed E-state index contributed by atoms with van der Waals surface area (Å²) in [5.74, 6) is -0.403. The van der Waals surface area contributed by atoms with Crippen LogP contribution in [0, 0.1) is 5.41 Å². The fourth-order valence-corrected chi connectivity index (χ4v) is 2.75. The van der Waals surface area contributed by atoms with Crippen molar-refractivity contribution in [1.82, 2.24) is 5.32 Å². The number of benzene rings is 1. The number of halogens is 1. The molecule has 104 valence electrons. The first-order chi connectivity index (χ1) is 9.00. The van der Waals surface area contributed by atoms with E-state index in [9.17, 15) is 4.79 Å². The molecule has 4 N–H and O–H groups in total. The van der Waals surface area contributed by atoms with Gasteiger partial charge in [-0.15, -0.1) is 0 Å². The van der Waals surface area contributed by atoms with E-state index in [0.717, 1.165) is 42.6 Å². The highest BCUT2D eigenvalue weighted by atomic mass is 79.9. The molecule has 1 aromatic rings. The van der Waals surface area contributed by atoms with Crippen molar-refractivity contribution in [3.05, 3.63) is 28.2 Å². The average Bonchev–Trinajstić information content (AvgIpc) is 2.38. The van der Waals surface area contributed by atoms with Gasteiger partial charge in [0.1, 0.15) is 0 Å². The molecule has 4 nitrogen and oxygen atoms in total. The number of primary amides is 1. The molecule has 1 saturated heterocycles. The summed E-state index contributed by atoms with van der Waals surface area (Å²) in [5.41, 5.74) is 7.04. The summed E-state index contributed by atoms with van der Waals surface area (Å²) < 4.78 is 0.861. The van der Waals surface area contributed by atoms with Gasteiger partial charge >= 0.3 is 0 Å². The fraction of sp³-hybridized carbons (Fsp3) is 0.500. The van der Waals surface area contributed by atoms with Gasteiger partial charge in [0.05, 0.1) is 5.56 Å². The molecule has 1 fully saturated rings. The number of nitrogens with two attached hydrogens (primary N) is 1. The van der Waals surface area contributed by atoms with E-state index in [4.69, 9.17) is 5.73 Å². The highest BCUT2D eigenvalue weighted by Crippen LogP contribution is 2.29. The third kappa shape index (κ3) is 3.70. The SMILES string of the molecule is CC1(CNc2ccc(Br)cc2C(N)=O)CCNCC1. The van der Waals surface area contributed by atoms with Crippen LogP contribution in [-0.4, -0.2) is 25.5 Å². The van der Waals surface area contributed by atoms with E-state index in [1.807, 2.05) is 12.1 Å². The third-order valence-corrected chi connectivity index (χ3v) is 4.26. The van der Waals surface area contributed by atoms with Gasteiger partial charge in [-0.2, -0.15) is 0 Å². The molecule has 0 atom stereocenters. The Bertz CT molecular complexity index is 470. The number of rotatable bonds is 4. The lowest BCUT2D eigenvalue weighted by atomic mass is 9.81. The first-order valence-corrected chi connectivity index (χ1v) is 7.33. The first-order valence-electron chi connectivity index (χ1n) is 6.54. The molecule has 5 heteroatoms. The number of hydrogen-bond donors (Lipinski definition) is 3. The second kappa shape index (κ2) is 5.92. The van der Waals surface area contributed by atoms with Gasteiger partial charge in [-0.1, -0.05) is 22.9 Å². The highest BCUT2D eigenvalue weighted by Gasteiger charge is 2.26. The summed E-state index contributed by atoms with van der Waals surface area (Å²) in [4.78, 5) is 11.5. The van der Waals surface area contributed by atoms with E-state index in [1.165, 1.54) is 0 Å². The summed E-state index contributed by atoms with van der Waals surface area (Å²) in [7, 11) is 0. The third-order valence-electron chi connectivity index (χ3n) is 3.76. The van der Waals surface area contributed by atoms with Gasteiger partial charge in [0, 0.05) is 16.7 Å². The Morgan fingerprint density at radius 3 is 2.79 bits per heavy atom. The number of carbonyl (C=O) groups excluding carboxylic acids is 1. The minimum Gasteiger partial charge on any atom is -0.384 e. The molecule has 0 bridgehead atoms. The van der Waals surface area contributed by atoms with Crippen molar-refractivity contribution in [2.45, 2.75) is 19.8 Å². The normalized spacial score (nSPS) is 18.0. The monoisotopic (exact) mass is 325 g/mol. The van der Waals surface area contributed by atoms with E-state index in [1.54, 1.807) is 6.07 Å². The number of anilines is 1. The Labute approximate surface area is 122 Å². The summed E-state index contributed by atoms with van der Waals surface area (Å²) in [6, 6.07) is 5.57. The topological polar surface area (TPSA) is 67.1 Å². The van der Waals surface area contributed by atoms with Crippen LogP contribution in [0.4, 0.5) is 5.69 Å². The van der Waals surface area contributed by atoms with Crippen LogP contribution in [0.1, 0.15) is 30.1 Å². The van der Waals surface area contributed by atoms with E-state index in [0.29, 0.717) is 5.56 Å². The second-order valence-electron chi connectivity index (χ2n) is 5.47. The van der Waals surface area contributed by atoms with Gasteiger partial charge < -0.3 is 16.4 Å². The van der Waals surface area contributed by atoms with E-state index >= 15 is 0 Å². The molecule has 0 aliphatic carbocycles. The molecule has 1 aromatic carbocycles. The number of nitrogens with one attached hydrogen (secondary N) is 2. The van der Waals surface area contributed by atoms with Gasteiger partial charge in [-0.3, -0.25) is 4.79 Å². The smallest absolute Gasteiger partial charge is 0.250 e. The van der Waals surface area contributed by atoms with Crippen LogP contribution in [0.5, 0.6) is 0 Å². The minimum atomic E-state index is -0.403. The Kier molecular flexibility index (Phi) is 4.47. The molecule has 0 aromatic heterocycles. The van der Waals surface area contributed by atoms with Gasteiger partial charge in [0.15, 0.2) is 0 Å². The average molecular weight is 326 g/mol. The zero-order valence-corrected chi connectivity index (χ0v) is 12.7. The predicted molar refractivity (Wildman–Crippen MR) is 81.4 cm³/mol. The van der Waals surface area contributed by atoms with Crippen LogP contribution in [0.3, 0.4) is 0 Å². The standard InChI is InChI=1S/C14H20BrN3O/c1-14(4-6-17-7-5-14)9-18-12-3-2-10(15)8-11(12)13(16)19/h2-3,8,17-18H,4-7,9H2,1H3,(H2,16,19). The van der Waals surface area contributed by atoms with Crippen LogP contribution in [0.2, 0.25) is 0 Å². The van der Waals surface area contributed by atoms with Crippen molar-refractivity contribution >= 4 is 27.5 Å². The van der Waals surface area contributed by atoms with Crippen LogP contribution in [0.15, 0.2) is 22.7 Å². The maximum Gasteiger partial charge on any atom is 0.250 e. The van der Waals surface area contributed by atoms with Crippen molar-refractivity contribution in [2.75, 3.05) is 25.0 Å². The molecule has 2 rings (SSSR count). The molecule has 1 heterocycles. The summed E-state index contributed by atoms with van der Waals surface area (Å²) in [6.07, 6.45) is 2.28. The molecular weight excluding hydrogens is 306 g/mol. The zero-order valence-electron chi connectivity index (χ0n) is 11.1. The van der Waals surface area contributed by atoms with Gasteiger partial charge in [-0.25, -0.2) is 0 Å². The van der Waals surface area contributed by atoms with Crippen LogP contribution >= 0.6 is 15.9 Å². The van der Waals surface area contributed by atoms with Crippen molar-refractivity contribution < 1.29 is 4.79 Å². The van der Waals surface area contributed by atoms with Crippen molar-refractivity contribution in [3.8, 4) is 0 Å². The number of amides is 1. The number of piperidine rings is 1. The minimum absolute atomic E-state index is 0.271. The highest BCUT2D eigenvalue weighted by molar-refractivity contribution is 9.10. The predicted octanol–water partition coefficient (Wildman–Crippen LogP) is 2.35. The van der Waals surface area contributed by atoms with Gasteiger partial charge in [0.2, 0.25) is 0 Å². The lowest BCUT2D eigenvalue weighted by Gasteiger charge is -2.34. The lowest BCUT2D eigenvalue weighted by Crippen LogP contribution is -2.39. The summed E-state index contributed by atoms with van der Waals surface area (Å²) >= 11 is 3.36. The summed E-state index contributed by atoms with van der Waals surface area (Å²) in [5, 5.41) is 6.75. The second-order valence-corrected chi connectivity index (χ2v) is 6.38. The molecule has 1 amide bonds. The van der Waals surface area contributed by atoms with Gasteiger partial charge in [0.25, 0.3) is 5.91 Å². The Hall–Kier alpha value is -1.07. The van der Waals surface area contributed by atoms with E-state index in [2.05, 4.69) is 33.5 Å². The van der Waals surface area contributed by atoms with Crippen LogP contribution in [-0.2, 0) is 0 Å². The van der Waals surface area contributed by atoms with Crippen molar-refractivity contribution in [1.29, 1.82) is 0 Å². The fourth-order valence-electron chi connectivity index (χ4n) is 2.39. The molecule has 0 radical (unpaired) electrons. The maximum atomic E-state index is 11.5. The van der Waals surface area contributed by atoms with E-state index < -0.39 is 5.91 Å². The Balaban J connectivity index is 2.08. The van der Waals surface area contributed by atoms with E-state index in [-0.39, 0.29) is 5.41 Å². The maximum absolute atomic E-state index is 11.5. The molecule has 1 aliphatic heterocycles. The van der Waals surface area contributed by atoms with Crippen LogP contribution < -0.4 is 16.4 Å². The summed E-state index contributed by atoms with van der Waals surface area (Å²) in [6.45, 7) is 5.25. The Morgan fingerprint density at radius 2 is 2.16 bits per heavy atom. The molecule has 0 spiro atoms. The molecular formula is C14H20BrN3O. The molecule has 0 saturated carbocycles. The first kappa shape index (κ1) is 14.3. The van der Waals surface area contributed by atoms with Crippen molar-refractivity contribution in [3.63, 3.8) is 0 Å². The van der Waals surface area contributed by atoms with Crippen molar-refractivity contribution in [2.24, 2.45) is 11.1 Å². The zero-order chi connectivity index (χ0) is 13.9. The molecule has 1 aliphatic rings. The number of hydrogen-bond acceptors (Lipinski definition) is 3. The molecule has 0 unspecified atom stereocenters. The largest absolute Gasteiger partial charge is 0.384 e. The lowest BCUT2D eigenvalue weighted by molar-refractivity contribution is 0.100. The molecule has 19 heavy (non-hydrogen) atoms. The van der Waals surface area contributed by atoms with Gasteiger partial charge in [-0.05, 0) is 49.5 Å². The Morgan fingerprint density at radius 1 is 1.47 bits per heavy atom. The quantitative estimate of drug-likeness (QED) is 0.796. The number of carbonyl (C=O) groups is 1. The van der Waals surface area contributed by atoms with Crippen LogP contribution in [0.25, 0.3) is 0 Å².